The van der Waals surface area contributed by atoms with Crippen molar-refractivity contribution in [2.24, 2.45) is 0 Å². The Labute approximate surface area is 111 Å². The first-order valence-corrected chi connectivity index (χ1v) is 6.66. The third-order valence-corrected chi connectivity index (χ3v) is 3.59. The van der Waals surface area contributed by atoms with Gasteiger partial charge >= 0.3 is 0 Å². The molecule has 0 aliphatic rings. The molecule has 0 saturated heterocycles. The lowest BCUT2D eigenvalue weighted by molar-refractivity contribution is 0.659. The van der Waals surface area contributed by atoms with Gasteiger partial charge in [0, 0.05) is 0 Å². The molecule has 2 aromatic carbocycles. The number of aryl methyl sites for hydroxylation is 2. The van der Waals surface area contributed by atoms with E-state index in [1.165, 1.54) is 0 Å². The zero-order chi connectivity index (χ0) is 13.4. The fraction of sp³-hybridized carbons (Fsp3) is 0.235. The molecule has 3 rings (SSSR count). The molecule has 0 fully saturated rings. The van der Waals surface area contributed by atoms with Gasteiger partial charge in [-0.25, -0.2) is 0 Å². The van der Waals surface area contributed by atoms with Crippen LogP contribution in [0.15, 0.2) is 45.6 Å². The topological polar surface area (TPSA) is 30.2 Å². The zero-order valence-electron chi connectivity index (χ0n) is 11.2. The van der Waals surface area contributed by atoms with Gasteiger partial charge in [-0.2, -0.15) is 0 Å². The van der Waals surface area contributed by atoms with Crippen molar-refractivity contribution < 1.29 is 4.42 Å². The Morgan fingerprint density at radius 2 is 1.84 bits per heavy atom. The van der Waals surface area contributed by atoms with E-state index in [0.717, 1.165) is 29.4 Å². The molecule has 2 nitrogen and oxygen atoms in total. The number of benzene rings is 2. The Kier molecular flexibility index (Phi) is 2.86. The van der Waals surface area contributed by atoms with Crippen LogP contribution in [0.2, 0.25) is 0 Å². The molecule has 2 heteroatoms. The Balaban J connectivity index is 2.52. The second kappa shape index (κ2) is 4.54. The summed E-state index contributed by atoms with van der Waals surface area (Å²) < 4.78 is 5.87. The van der Waals surface area contributed by atoms with Crippen LogP contribution in [0.3, 0.4) is 0 Å². The Bertz CT molecular complexity index is 812. The Hall–Kier alpha value is -2.09. The number of rotatable bonds is 2. The number of hydrogen-bond acceptors (Lipinski definition) is 2. The van der Waals surface area contributed by atoms with Gasteiger partial charge in [0.05, 0.1) is 10.8 Å². The van der Waals surface area contributed by atoms with Gasteiger partial charge in [0.15, 0.2) is 0 Å². The maximum atomic E-state index is 12.7. The molecular weight excluding hydrogens is 236 g/mol. The first-order valence-electron chi connectivity index (χ1n) is 6.66. The minimum absolute atomic E-state index is 0.0870. The predicted molar refractivity (Wildman–Crippen MR) is 78.7 cm³/mol. The number of para-hydroxylation sites is 1. The molecule has 0 saturated carbocycles. The van der Waals surface area contributed by atoms with Crippen molar-refractivity contribution in [3.63, 3.8) is 0 Å². The smallest absolute Gasteiger partial charge is 0.200 e. The molecule has 19 heavy (non-hydrogen) atoms. The van der Waals surface area contributed by atoms with Crippen molar-refractivity contribution in [3.05, 3.63) is 57.7 Å². The van der Waals surface area contributed by atoms with Crippen LogP contribution >= 0.6 is 0 Å². The van der Waals surface area contributed by atoms with Gasteiger partial charge in [-0.1, -0.05) is 31.5 Å². The van der Waals surface area contributed by atoms with Crippen LogP contribution in [-0.2, 0) is 6.42 Å². The van der Waals surface area contributed by atoms with Crippen LogP contribution in [0.25, 0.3) is 21.9 Å². The average molecular weight is 252 g/mol. The van der Waals surface area contributed by atoms with Crippen LogP contribution in [0.1, 0.15) is 24.5 Å². The third-order valence-electron chi connectivity index (χ3n) is 3.59. The van der Waals surface area contributed by atoms with Crippen molar-refractivity contribution >= 4 is 21.9 Å². The molecule has 0 aliphatic carbocycles. The van der Waals surface area contributed by atoms with E-state index >= 15 is 0 Å². The highest BCUT2D eigenvalue weighted by Gasteiger charge is 2.12. The standard InChI is InChI=1S/C17H16O2/c1-3-6-12-11(2)9-10-15-16(12)17(18)13-7-4-5-8-14(13)19-15/h4-5,7-10H,3,6H2,1-2H3. The SMILES string of the molecule is CCCc1c(C)ccc2oc3ccccc3c(=O)c12. The van der Waals surface area contributed by atoms with E-state index in [9.17, 15) is 4.79 Å². The van der Waals surface area contributed by atoms with E-state index < -0.39 is 0 Å². The minimum atomic E-state index is 0.0870. The van der Waals surface area contributed by atoms with Crippen LogP contribution < -0.4 is 5.43 Å². The molecule has 1 aromatic heterocycles. The molecule has 0 N–H and O–H groups in total. The summed E-state index contributed by atoms with van der Waals surface area (Å²) in [4.78, 5) is 12.7. The van der Waals surface area contributed by atoms with E-state index in [4.69, 9.17) is 4.42 Å². The highest BCUT2D eigenvalue weighted by molar-refractivity contribution is 5.92. The quantitative estimate of drug-likeness (QED) is 0.640. The fourth-order valence-electron chi connectivity index (χ4n) is 2.63. The lowest BCUT2D eigenvalue weighted by Gasteiger charge is -2.09. The van der Waals surface area contributed by atoms with Crippen LogP contribution in [0, 0.1) is 6.92 Å². The Morgan fingerprint density at radius 1 is 1.05 bits per heavy atom. The highest BCUT2D eigenvalue weighted by atomic mass is 16.3. The predicted octanol–water partition coefficient (Wildman–Crippen LogP) is 4.21. The van der Waals surface area contributed by atoms with Gasteiger partial charge < -0.3 is 4.42 Å². The summed E-state index contributed by atoms with van der Waals surface area (Å²) in [7, 11) is 0. The molecule has 0 unspecified atom stereocenters. The molecule has 96 valence electrons. The van der Waals surface area contributed by atoms with Crippen LogP contribution in [0.4, 0.5) is 0 Å². The van der Waals surface area contributed by atoms with E-state index in [1.807, 2.05) is 36.4 Å². The zero-order valence-corrected chi connectivity index (χ0v) is 11.2. The van der Waals surface area contributed by atoms with Crippen molar-refractivity contribution in [1.82, 2.24) is 0 Å². The van der Waals surface area contributed by atoms with Crippen molar-refractivity contribution in [2.75, 3.05) is 0 Å². The highest BCUT2D eigenvalue weighted by Crippen LogP contribution is 2.24. The van der Waals surface area contributed by atoms with Gasteiger partial charge in [0.1, 0.15) is 11.2 Å². The molecule has 0 radical (unpaired) electrons. The molecule has 0 spiro atoms. The second-order valence-electron chi connectivity index (χ2n) is 4.91. The molecule has 3 aromatic rings. The molecular formula is C17H16O2. The fourth-order valence-corrected chi connectivity index (χ4v) is 2.63. The summed E-state index contributed by atoms with van der Waals surface area (Å²) >= 11 is 0. The third kappa shape index (κ3) is 1.84. The summed E-state index contributed by atoms with van der Waals surface area (Å²) in [5.41, 5.74) is 3.73. The number of fused-ring (bicyclic) bond motifs is 2. The molecule has 0 amide bonds. The molecule has 1 heterocycles. The van der Waals surface area contributed by atoms with Crippen molar-refractivity contribution in [1.29, 1.82) is 0 Å². The summed E-state index contributed by atoms with van der Waals surface area (Å²) in [6.45, 7) is 4.18. The summed E-state index contributed by atoms with van der Waals surface area (Å²) in [6.07, 6.45) is 1.93. The largest absolute Gasteiger partial charge is 0.456 e. The summed E-state index contributed by atoms with van der Waals surface area (Å²) in [5.74, 6) is 0. The van der Waals surface area contributed by atoms with E-state index in [1.54, 1.807) is 0 Å². The first-order chi connectivity index (χ1) is 9.22. The maximum Gasteiger partial charge on any atom is 0.200 e. The Morgan fingerprint density at radius 3 is 2.63 bits per heavy atom. The van der Waals surface area contributed by atoms with Crippen molar-refractivity contribution in [2.45, 2.75) is 26.7 Å². The van der Waals surface area contributed by atoms with E-state index in [0.29, 0.717) is 16.6 Å². The van der Waals surface area contributed by atoms with E-state index in [2.05, 4.69) is 13.8 Å². The number of hydrogen-bond donors (Lipinski definition) is 0. The summed E-state index contributed by atoms with van der Waals surface area (Å²) in [6, 6.07) is 11.4. The van der Waals surface area contributed by atoms with Crippen LogP contribution in [-0.4, -0.2) is 0 Å². The maximum absolute atomic E-state index is 12.7. The minimum Gasteiger partial charge on any atom is -0.456 e. The van der Waals surface area contributed by atoms with Crippen LogP contribution in [0.5, 0.6) is 0 Å². The van der Waals surface area contributed by atoms with Gasteiger partial charge in [-0.3, -0.25) is 4.79 Å². The first kappa shape index (κ1) is 12.0. The van der Waals surface area contributed by atoms with Gasteiger partial charge in [-0.15, -0.1) is 0 Å². The normalized spacial score (nSPS) is 11.3. The lowest BCUT2D eigenvalue weighted by atomic mass is 9.98. The van der Waals surface area contributed by atoms with Gasteiger partial charge in [-0.05, 0) is 42.7 Å². The second-order valence-corrected chi connectivity index (χ2v) is 4.91. The van der Waals surface area contributed by atoms with Crippen molar-refractivity contribution in [3.8, 4) is 0 Å². The monoisotopic (exact) mass is 252 g/mol. The molecule has 0 bridgehead atoms. The van der Waals surface area contributed by atoms with Gasteiger partial charge in [0.2, 0.25) is 5.43 Å². The summed E-state index contributed by atoms with van der Waals surface area (Å²) in [5, 5.41) is 1.42. The molecule has 0 aliphatic heterocycles. The lowest BCUT2D eigenvalue weighted by Crippen LogP contribution is -2.06. The van der Waals surface area contributed by atoms with Gasteiger partial charge in [0.25, 0.3) is 0 Å². The van der Waals surface area contributed by atoms with E-state index in [-0.39, 0.29) is 5.43 Å². The molecule has 0 atom stereocenters. The average Bonchev–Trinajstić information content (AvgIpc) is 2.42.